The van der Waals surface area contributed by atoms with Crippen molar-refractivity contribution in [2.24, 2.45) is 0 Å². The average Bonchev–Trinajstić information content (AvgIpc) is 3.39. The second-order valence-corrected chi connectivity index (χ2v) is 5.60. The van der Waals surface area contributed by atoms with Crippen molar-refractivity contribution < 1.29 is 23.3 Å². The minimum absolute atomic E-state index is 0.0174. The molecule has 0 aliphatic rings. The Balaban J connectivity index is 1.84. The molecule has 0 spiro atoms. The summed E-state index contributed by atoms with van der Waals surface area (Å²) < 4.78 is 10.2. The molecule has 3 rings (SSSR count). The van der Waals surface area contributed by atoms with E-state index in [4.69, 9.17) is 8.83 Å². The van der Waals surface area contributed by atoms with Crippen molar-refractivity contribution in [2.75, 3.05) is 0 Å². The molecule has 0 radical (unpaired) electrons. The molecule has 28 heavy (non-hydrogen) atoms. The van der Waals surface area contributed by atoms with Crippen LogP contribution in [-0.4, -0.2) is 16.7 Å². The Morgan fingerprint density at radius 1 is 1.07 bits per heavy atom. The summed E-state index contributed by atoms with van der Waals surface area (Å²) in [4.78, 5) is 35.2. The number of nitro benzene ring substituents is 1. The molecule has 2 heterocycles. The van der Waals surface area contributed by atoms with Gasteiger partial charge in [0.15, 0.2) is 5.76 Å². The fraction of sp³-hybridized carbons (Fsp3) is 0.0526. The number of nitro groups is 1. The third-order valence-corrected chi connectivity index (χ3v) is 3.63. The molecular formula is C19H15N3O6. The molecular weight excluding hydrogens is 366 g/mol. The van der Waals surface area contributed by atoms with Gasteiger partial charge in [-0.05, 0) is 35.9 Å². The molecule has 0 atom stereocenters. The van der Waals surface area contributed by atoms with Crippen LogP contribution in [0.25, 0.3) is 6.08 Å². The lowest BCUT2D eigenvalue weighted by molar-refractivity contribution is -0.384. The Kier molecular flexibility index (Phi) is 5.66. The molecule has 0 aliphatic heterocycles. The Morgan fingerprint density at radius 3 is 2.54 bits per heavy atom. The normalized spacial score (nSPS) is 11.1. The number of carbonyl (C=O) groups excluding carboxylic acids is 2. The summed E-state index contributed by atoms with van der Waals surface area (Å²) in [7, 11) is 0. The van der Waals surface area contributed by atoms with E-state index in [9.17, 15) is 19.7 Å². The van der Waals surface area contributed by atoms with Crippen LogP contribution in [0.2, 0.25) is 0 Å². The third kappa shape index (κ3) is 4.73. The van der Waals surface area contributed by atoms with E-state index in [1.54, 1.807) is 18.2 Å². The topological polar surface area (TPSA) is 128 Å². The highest BCUT2D eigenvalue weighted by Crippen LogP contribution is 2.16. The Labute approximate surface area is 158 Å². The van der Waals surface area contributed by atoms with E-state index in [-0.39, 0.29) is 23.7 Å². The van der Waals surface area contributed by atoms with Crippen molar-refractivity contribution in [1.82, 2.24) is 10.6 Å². The summed E-state index contributed by atoms with van der Waals surface area (Å²) in [6.07, 6.45) is 4.14. The van der Waals surface area contributed by atoms with E-state index in [1.165, 1.54) is 48.9 Å². The van der Waals surface area contributed by atoms with E-state index in [1.807, 2.05) is 0 Å². The summed E-state index contributed by atoms with van der Waals surface area (Å²) in [6, 6.07) is 12.0. The molecule has 2 aromatic heterocycles. The highest BCUT2D eigenvalue weighted by Gasteiger charge is 2.17. The number of nitrogens with zero attached hydrogens (tertiary/aromatic N) is 1. The van der Waals surface area contributed by atoms with Crippen LogP contribution in [0.4, 0.5) is 5.69 Å². The zero-order valence-corrected chi connectivity index (χ0v) is 14.5. The SMILES string of the molecule is O=C(NCc1ccco1)C(=Cc1cccc([N+](=O)[O-])c1)NC(=O)c1ccco1. The lowest BCUT2D eigenvalue weighted by Crippen LogP contribution is -2.34. The molecule has 0 fully saturated rings. The number of benzene rings is 1. The first-order valence-corrected chi connectivity index (χ1v) is 8.14. The van der Waals surface area contributed by atoms with Crippen molar-refractivity contribution in [3.8, 4) is 0 Å². The lowest BCUT2D eigenvalue weighted by atomic mass is 10.1. The number of carbonyl (C=O) groups is 2. The largest absolute Gasteiger partial charge is 0.467 e. The second-order valence-electron chi connectivity index (χ2n) is 5.60. The molecule has 0 saturated carbocycles. The first-order valence-electron chi connectivity index (χ1n) is 8.14. The lowest BCUT2D eigenvalue weighted by Gasteiger charge is -2.09. The van der Waals surface area contributed by atoms with Crippen LogP contribution in [0.5, 0.6) is 0 Å². The van der Waals surface area contributed by atoms with Gasteiger partial charge in [-0.2, -0.15) is 0 Å². The first kappa shape index (κ1) is 18.6. The van der Waals surface area contributed by atoms with Gasteiger partial charge in [0.25, 0.3) is 17.5 Å². The maximum absolute atomic E-state index is 12.6. The zero-order chi connectivity index (χ0) is 19.9. The maximum atomic E-state index is 12.6. The predicted octanol–water partition coefficient (Wildman–Crippen LogP) is 2.87. The van der Waals surface area contributed by atoms with Crippen LogP contribution in [0.15, 0.2) is 75.6 Å². The summed E-state index contributed by atoms with van der Waals surface area (Å²) in [5.74, 6) is -0.679. The molecule has 0 unspecified atom stereocenters. The van der Waals surface area contributed by atoms with Crippen LogP contribution in [0.3, 0.4) is 0 Å². The second kappa shape index (κ2) is 8.49. The molecule has 2 amide bonds. The Hall–Kier alpha value is -4.14. The number of hydrogen-bond donors (Lipinski definition) is 2. The monoisotopic (exact) mass is 381 g/mol. The van der Waals surface area contributed by atoms with E-state index in [2.05, 4.69) is 10.6 Å². The van der Waals surface area contributed by atoms with Gasteiger partial charge in [-0.1, -0.05) is 12.1 Å². The van der Waals surface area contributed by atoms with E-state index in [0.29, 0.717) is 11.3 Å². The van der Waals surface area contributed by atoms with Crippen molar-refractivity contribution in [2.45, 2.75) is 6.54 Å². The molecule has 9 heteroatoms. The number of hydrogen-bond acceptors (Lipinski definition) is 6. The van der Waals surface area contributed by atoms with Gasteiger partial charge in [0, 0.05) is 12.1 Å². The van der Waals surface area contributed by atoms with Crippen LogP contribution < -0.4 is 10.6 Å². The summed E-state index contributed by atoms with van der Waals surface area (Å²) >= 11 is 0. The zero-order valence-electron chi connectivity index (χ0n) is 14.5. The number of furan rings is 2. The van der Waals surface area contributed by atoms with Gasteiger partial charge in [0.2, 0.25) is 0 Å². The smallest absolute Gasteiger partial charge is 0.291 e. The standard InChI is InChI=1S/C19H15N3O6/c23-18(20-12-15-6-2-8-27-15)16(21-19(24)17-7-3-9-28-17)11-13-4-1-5-14(10-13)22(25)26/h1-11H,12H2,(H,20,23)(H,21,24). The molecule has 0 saturated heterocycles. The Morgan fingerprint density at radius 2 is 1.86 bits per heavy atom. The minimum Gasteiger partial charge on any atom is -0.467 e. The van der Waals surface area contributed by atoms with Gasteiger partial charge < -0.3 is 19.5 Å². The summed E-state index contributed by atoms with van der Waals surface area (Å²) in [5, 5.41) is 16.0. The van der Waals surface area contributed by atoms with Crippen LogP contribution in [0, 0.1) is 10.1 Å². The van der Waals surface area contributed by atoms with E-state index in [0.717, 1.165) is 0 Å². The highest BCUT2D eigenvalue weighted by molar-refractivity contribution is 6.04. The third-order valence-electron chi connectivity index (χ3n) is 3.63. The minimum atomic E-state index is -0.630. The van der Waals surface area contributed by atoms with Gasteiger partial charge in [-0.3, -0.25) is 19.7 Å². The fourth-order valence-corrected chi connectivity index (χ4v) is 2.32. The molecule has 0 bridgehead atoms. The molecule has 142 valence electrons. The van der Waals surface area contributed by atoms with Crippen LogP contribution in [-0.2, 0) is 11.3 Å². The molecule has 0 aliphatic carbocycles. The Bertz CT molecular complexity index is 1010. The van der Waals surface area contributed by atoms with Gasteiger partial charge in [0.1, 0.15) is 11.5 Å². The summed E-state index contributed by atoms with van der Waals surface area (Å²) in [6.45, 7) is 0.106. The van der Waals surface area contributed by atoms with Gasteiger partial charge >= 0.3 is 0 Å². The quantitative estimate of drug-likeness (QED) is 0.368. The predicted molar refractivity (Wildman–Crippen MR) is 97.8 cm³/mol. The van der Waals surface area contributed by atoms with E-state index < -0.39 is 16.7 Å². The van der Waals surface area contributed by atoms with Gasteiger partial charge in [-0.25, -0.2) is 0 Å². The van der Waals surface area contributed by atoms with E-state index >= 15 is 0 Å². The number of nitrogens with one attached hydrogen (secondary N) is 2. The molecule has 1 aromatic carbocycles. The number of amides is 2. The van der Waals surface area contributed by atoms with Crippen molar-refractivity contribution in [3.05, 3.63) is 94.0 Å². The number of rotatable bonds is 7. The van der Waals surface area contributed by atoms with Gasteiger partial charge in [-0.15, -0.1) is 0 Å². The highest BCUT2D eigenvalue weighted by atomic mass is 16.6. The van der Waals surface area contributed by atoms with Crippen molar-refractivity contribution >= 4 is 23.6 Å². The number of non-ortho nitro benzene ring substituents is 1. The van der Waals surface area contributed by atoms with Crippen LogP contribution >= 0.6 is 0 Å². The first-order chi connectivity index (χ1) is 13.5. The fourth-order valence-electron chi connectivity index (χ4n) is 2.32. The van der Waals surface area contributed by atoms with Crippen molar-refractivity contribution in [1.29, 1.82) is 0 Å². The van der Waals surface area contributed by atoms with Crippen LogP contribution in [0.1, 0.15) is 21.9 Å². The van der Waals surface area contributed by atoms with Crippen molar-refractivity contribution in [3.63, 3.8) is 0 Å². The summed E-state index contributed by atoms with van der Waals surface area (Å²) in [5.41, 5.74) is 0.131. The molecule has 9 nitrogen and oxygen atoms in total. The molecule has 3 aromatic rings. The maximum Gasteiger partial charge on any atom is 0.291 e. The average molecular weight is 381 g/mol. The molecule has 2 N–H and O–H groups in total. The van der Waals surface area contributed by atoms with Gasteiger partial charge in [0.05, 0.1) is 24.0 Å².